The second kappa shape index (κ2) is 4.95. The van der Waals surface area contributed by atoms with Gasteiger partial charge >= 0.3 is 10.8 Å². The van der Waals surface area contributed by atoms with Gasteiger partial charge < -0.3 is 9.67 Å². The van der Waals surface area contributed by atoms with Crippen molar-refractivity contribution in [1.82, 2.24) is 4.57 Å². The van der Waals surface area contributed by atoms with Crippen LogP contribution < -0.4 is 4.87 Å². The molecule has 0 aromatic carbocycles. The zero-order valence-corrected chi connectivity index (χ0v) is 8.84. The van der Waals surface area contributed by atoms with Crippen LogP contribution in [0.4, 0.5) is 0 Å². The third kappa shape index (κ3) is 2.99. The van der Waals surface area contributed by atoms with Gasteiger partial charge in [0.25, 0.3) is 0 Å². The van der Waals surface area contributed by atoms with E-state index in [0.29, 0.717) is 13.0 Å². The summed E-state index contributed by atoms with van der Waals surface area (Å²) in [5.41, 5.74) is 0. The SMILES string of the molecule is CCc1cn(CCCC(=O)O)c(=O)s1. The van der Waals surface area contributed by atoms with Crippen LogP contribution in [0, 0.1) is 0 Å². The molecule has 5 heteroatoms. The van der Waals surface area contributed by atoms with E-state index in [1.807, 2.05) is 13.1 Å². The molecule has 0 unspecified atom stereocenters. The summed E-state index contributed by atoms with van der Waals surface area (Å²) in [5.74, 6) is -0.816. The average molecular weight is 215 g/mol. The van der Waals surface area contributed by atoms with Gasteiger partial charge in [-0.1, -0.05) is 18.3 Å². The number of thiazole rings is 1. The van der Waals surface area contributed by atoms with Crippen LogP contribution in [0.3, 0.4) is 0 Å². The lowest BCUT2D eigenvalue weighted by Gasteiger charge is -1.97. The summed E-state index contributed by atoms with van der Waals surface area (Å²) >= 11 is 1.23. The third-order valence-electron chi connectivity index (χ3n) is 1.89. The summed E-state index contributed by atoms with van der Waals surface area (Å²) < 4.78 is 1.59. The second-order valence-electron chi connectivity index (χ2n) is 3.01. The topological polar surface area (TPSA) is 59.3 Å². The van der Waals surface area contributed by atoms with Crippen LogP contribution in [0.5, 0.6) is 0 Å². The molecule has 14 heavy (non-hydrogen) atoms. The van der Waals surface area contributed by atoms with E-state index in [-0.39, 0.29) is 11.3 Å². The zero-order chi connectivity index (χ0) is 10.6. The van der Waals surface area contributed by atoms with E-state index in [2.05, 4.69) is 0 Å². The van der Waals surface area contributed by atoms with Crippen molar-refractivity contribution in [2.45, 2.75) is 32.7 Å². The van der Waals surface area contributed by atoms with Gasteiger partial charge in [-0.3, -0.25) is 9.59 Å². The van der Waals surface area contributed by atoms with Crippen molar-refractivity contribution in [2.24, 2.45) is 0 Å². The number of hydrogen-bond acceptors (Lipinski definition) is 3. The van der Waals surface area contributed by atoms with Gasteiger partial charge in [0.15, 0.2) is 0 Å². The monoisotopic (exact) mass is 215 g/mol. The first-order valence-electron chi connectivity index (χ1n) is 4.54. The first-order chi connectivity index (χ1) is 6.63. The van der Waals surface area contributed by atoms with Crippen LogP contribution in [0.2, 0.25) is 0 Å². The van der Waals surface area contributed by atoms with Crippen molar-refractivity contribution in [3.63, 3.8) is 0 Å². The zero-order valence-electron chi connectivity index (χ0n) is 8.02. The molecule has 0 saturated carbocycles. The minimum absolute atomic E-state index is 0.00670. The fraction of sp³-hybridized carbons (Fsp3) is 0.556. The summed E-state index contributed by atoms with van der Waals surface area (Å²) in [7, 11) is 0. The predicted molar refractivity (Wildman–Crippen MR) is 54.8 cm³/mol. The number of rotatable bonds is 5. The Labute approximate surface area is 85.8 Å². The molecule has 1 rings (SSSR count). The van der Waals surface area contributed by atoms with Gasteiger partial charge in [0.2, 0.25) is 0 Å². The van der Waals surface area contributed by atoms with E-state index < -0.39 is 5.97 Å². The Kier molecular flexibility index (Phi) is 3.88. The molecular formula is C9H13NO3S. The van der Waals surface area contributed by atoms with Gasteiger partial charge in [0, 0.05) is 24.0 Å². The van der Waals surface area contributed by atoms with Crippen LogP contribution in [0.15, 0.2) is 11.0 Å². The molecule has 0 amide bonds. The highest BCUT2D eigenvalue weighted by molar-refractivity contribution is 7.09. The highest BCUT2D eigenvalue weighted by Gasteiger charge is 2.03. The molecule has 78 valence electrons. The third-order valence-corrected chi connectivity index (χ3v) is 2.96. The number of carboxylic acid groups (broad SMARTS) is 1. The molecule has 0 aliphatic carbocycles. The molecule has 1 aromatic heterocycles. The van der Waals surface area contributed by atoms with Gasteiger partial charge in [0.1, 0.15) is 0 Å². The predicted octanol–water partition coefficient (Wildman–Crippen LogP) is 1.34. The van der Waals surface area contributed by atoms with Gasteiger partial charge in [0.05, 0.1) is 0 Å². The second-order valence-corrected chi connectivity index (χ2v) is 4.09. The van der Waals surface area contributed by atoms with E-state index in [9.17, 15) is 9.59 Å². The summed E-state index contributed by atoms with van der Waals surface area (Å²) in [6.45, 7) is 2.49. The largest absolute Gasteiger partial charge is 0.481 e. The Hall–Kier alpha value is -1.10. The molecule has 0 saturated heterocycles. The highest BCUT2D eigenvalue weighted by Crippen LogP contribution is 2.05. The van der Waals surface area contributed by atoms with Crippen molar-refractivity contribution < 1.29 is 9.90 Å². The smallest absolute Gasteiger partial charge is 0.307 e. The minimum Gasteiger partial charge on any atom is -0.481 e. The Morgan fingerprint density at radius 2 is 2.36 bits per heavy atom. The van der Waals surface area contributed by atoms with Crippen molar-refractivity contribution in [1.29, 1.82) is 0 Å². The first kappa shape index (κ1) is 11.0. The van der Waals surface area contributed by atoms with Gasteiger partial charge in [-0.2, -0.15) is 0 Å². The Morgan fingerprint density at radius 1 is 1.64 bits per heavy atom. The molecule has 0 fully saturated rings. The number of hydrogen-bond donors (Lipinski definition) is 1. The summed E-state index contributed by atoms with van der Waals surface area (Å²) in [6, 6.07) is 0. The highest BCUT2D eigenvalue weighted by atomic mass is 32.1. The van der Waals surface area contributed by atoms with E-state index in [1.54, 1.807) is 4.57 Å². The normalized spacial score (nSPS) is 10.4. The quantitative estimate of drug-likeness (QED) is 0.806. The molecule has 1 aromatic rings. The molecule has 4 nitrogen and oxygen atoms in total. The van der Waals surface area contributed by atoms with Crippen LogP contribution in [0.25, 0.3) is 0 Å². The van der Waals surface area contributed by atoms with Crippen molar-refractivity contribution in [2.75, 3.05) is 0 Å². The lowest BCUT2D eigenvalue weighted by atomic mass is 10.3. The fourth-order valence-corrected chi connectivity index (χ4v) is 1.95. The summed E-state index contributed by atoms with van der Waals surface area (Å²) in [4.78, 5) is 22.6. The van der Waals surface area contributed by atoms with E-state index in [4.69, 9.17) is 5.11 Å². The molecule has 0 radical (unpaired) electrons. The van der Waals surface area contributed by atoms with E-state index >= 15 is 0 Å². The number of aromatic nitrogens is 1. The number of carboxylic acids is 1. The van der Waals surface area contributed by atoms with Gasteiger partial charge in [-0.25, -0.2) is 0 Å². The number of aryl methyl sites for hydroxylation is 2. The number of nitrogens with zero attached hydrogens (tertiary/aromatic N) is 1. The van der Waals surface area contributed by atoms with Crippen molar-refractivity contribution >= 4 is 17.3 Å². The number of carbonyl (C=O) groups is 1. The molecule has 0 aliphatic heterocycles. The van der Waals surface area contributed by atoms with Crippen LogP contribution in [-0.2, 0) is 17.8 Å². The molecule has 0 bridgehead atoms. The molecule has 0 aliphatic rings. The summed E-state index contributed by atoms with van der Waals surface area (Å²) in [6.07, 6.45) is 3.29. The maximum atomic E-state index is 11.3. The Bertz CT molecular complexity index is 366. The fourth-order valence-electron chi connectivity index (χ4n) is 1.14. The van der Waals surface area contributed by atoms with Crippen LogP contribution in [0.1, 0.15) is 24.6 Å². The molecule has 1 N–H and O–H groups in total. The van der Waals surface area contributed by atoms with Crippen LogP contribution >= 0.6 is 11.3 Å². The Morgan fingerprint density at radius 3 is 2.86 bits per heavy atom. The van der Waals surface area contributed by atoms with Gasteiger partial charge in [-0.05, 0) is 12.8 Å². The standard InChI is InChI=1S/C9H13NO3S/c1-2-7-6-10(9(13)14-7)5-3-4-8(11)12/h6H,2-5H2,1H3,(H,11,12). The van der Waals surface area contributed by atoms with Gasteiger partial charge in [-0.15, -0.1) is 0 Å². The maximum Gasteiger partial charge on any atom is 0.307 e. The molecular weight excluding hydrogens is 202 g/mol. The Balaban J connectivity index is 2.54. The minimum atomic E-state index is -0.816. The maximum absolute atomic E-state index is 11.3. The summed E-state index contributed by atoms with van der Waals surface area (Å²) in [5, 5.41) is 8.43. The van der Waals surface area contributed by atoms with E-state index in [1.165, 1.54) is 11.3 Å². The van der Waals surface area contributed by atoms with Crippen molar-refractivity contribution in [3.8, 4) is 0 Å². The molecule has 0 atom stereocenters. The lowest BCUT2D eigenvalue weighted by molar-refractivity contribution is -0.137. The first-order valence-corrected chi connectivity index (χ1v) is 5.36. The molecule has 0 spiro atoms. The lowest BCUT2D eigenvalue weighted by Crippen LogP contribution is -2.12. The average Bonchev–Trinajstić information content (AvgIpc) is 2.47. The van der Waals surface area contributed by atoms with E-state index in [0.717, 1.165) is 11.3 Å². The molecule has 1 heterocycles. The van der Waals surface area contributed by atoms with Crippen molar-refractivity contribution in [3.05, 3.63) is 20.7 Å². The number of aliphatic carboxylic acids is 1. The van der Waals surface area contributed by atoms with Crippen LogP contribution in [-0.4, -0.2) is 15.6 Å².